The molecule has 0 heterocycles. The highest BCUT2D eigenvalue weighted by atomic mass is 19.2. The van der Waals surface area contributed by atoms with Crippen LogP contribution in [0.3, 0.4) is 0 Å². The average molecular weight is 156 g/mol. The van der Waals surface area contributed by atoms with E-state index in [1.54, 1.807) is 0 Å². The molecule has 5 heteroatoms. The standard InChI is InChI=1S/C6H5FN2O2/c7-8-5-1-3-6(4-2-5)9(10)11/h1-4,8H. The van der Waals surface area contributed by atoms with Gasteiger partial charge in [0.05, 0.1) is 10.6 Å². The highest BCUT2D eigenvalue weighted by molar-refractivity contribution is 5.46. The zero-order valence-electron chi connectivity index (χ0n) is 5.45. The van der Waals surface area contributed by atoms with Crippen molar-refractivity contribution in [3.05, 3.63) is 34.4 Å². The van der Waals surface area contributed by atoms with E-state index in [1.807, 2.05) is 0 Å². The van der Waals surface area contributed by atoms with Crippen molar-refractivity contribution in [2.45, 2.75) is 0 Å². The van der Waals surface area contributed by atoms with Crippen molar-refractivity contribution >= 4 is 11.4 Å². The molecule has 1 rings (SSSR count). The molecule has 0 aliphatic heterocycles. The van der Waals surface area contributed by atoms with Crippen molar-refractivity contribution in [3.63, 3.8) is 0 Å². The Kier molecular flexibility index (Phi) is 2.00. The smallest absolute Gasteiger partial charge is 0.258 e. The number of nitro benzene ring substituents is 1. The molecule has 1 aromatic carbocycles. The van der Waals surface area contributed by atoms with Crippen LogP contribution in [0.25, 0.3) is 0 Å². The quantitative estimate of drug-likeness (QED) is 0.404. The Balaban J connectivity index is 2.91. The Labute approximate surface area is 61.7 Å². The van der Waals surface area contributed by atoms with Crippen molar-refractivity contribution in [3.8, 4) is 0 Å². The van der Waals surface area contributed by atoms with Gasteiger partial charge in [0.2, 0.25) is 0 Å². The van der Waals surface area contributed by atoms with Gasteiger partial charge in [-0.2, -0.15) is 0 Å². The zero-order valence-corrected chi connectivity index (χ0v) is 5.45. The zero-order chi connectivity index (χ0) is 8.27. The number of hydrogen-bond acceptors (Lipinski definition) is 3. The summed E-state index contributed by atoms with van der Waals surface area (Å²) in [6.45, 7) is 0. The van der Waals surface area contributed by atoms with Gasteiger partial charge in [0, 0.05) is 12.1 Å². The first kappa shape index (κ1) is 7.46. The molecular formula is C6H5FN2O2. The number of nitro groups is 1. The monoisotopic (exact) mass is 156 g/mol. The molecule has 0 atom stereocenters. The third-order valence-corrected chi connectivity index (χ3v) is 1.19. The van der Waals surface area contributed by atoms with Gasteiger partial charge in [0.1, 0.15) is 0 Å². The number of nitrogens with one attached hydrogen (secondary N) is 1. The molecule has 4 nitrogen and oxygen atoms in total. The van der Waals surface area contributed by atoms with Crippen LogP contribution in [0.1, 0.15) is 0 Å². The average Bonchev–Trinajstić information content (AvgIpc) is 2.05. The van der Waals surface area contributed by atoms with Crippen molar-refractivity contribution in [1.82, 2.24) is 0 Å². The van der Waals surface area contributed by atoms with Crippen LogP contribution in [-0.4, -0.2) is 4.92 Å². The fourth-order valence-electron chi connectivity index (χ4n) is 0.646. The summed E-state index contributed by atoms with van der Waals surface area (Å²) >= 11 is 0. The number of nitrogens with zero attached hydrogens (tertiary/aromatic N) is 1. The Bertz CT molecular complexity index is 260. The van der Waals surface area contributed by atoms with Crippen molar-refractivity contribution in [2.75, 3.05) is 5.54 Å². The predicted octanol–water partition coefficient (Wildman–Crippen LogP) is 1.89. The lowest BCUT2D eigenvalue weighted by atomic mass is 10.3. The molecule has 58 valence electrons. The molecular weight excluding hydrogens is 151 g/mol. The van der Waals surface area contributed by atoms with Crippen molar-refractivity contribution < 1.29 is 9.40 Å². The summed E-state index contributed by atoms with van der Waals surface area (Å²) < 4.78 is 11.6. The lowest BCUT2D eigenvalue weighted by Crippen LogP contribution is -1.87. The number of rotatable bonds is 2. The maximum absolute atomic E-state index is 11.6. The maximum atomic E-state index is 11.6. The number of hydrogen-bond donors (Lipinski definition) is 1. The van der Waals surface area contributed by atoms with Crippen molar-refractivity contribution in [2.24, 2.45) is 0 Å². The van der Waals surface area contributed by atoms with Gasteiger partial charge in [-0.1, -0.05) is 0 Å². The van der Waals surface area contributed by atoms with Gasteiger partial charge < -0.3 is 0 Å². The Morgan fingerprint density at radius 3 is 2.27 bits per heavy atom. The van der Waals surface area contributed by atoms with E-state index in [4.69, 9.17) is 0 Å². The molecule has 0 saturated carbocycles. The second-order valence-electron chi connectivity index (χ2n) is 1.90. The summed E-state index contributed by atoms with van der Waals surface area (Å²) in [5.74, 6) is 0. The van der Waals surface area contributed by atoms with Gasteiger partial charge in [0.15, 0.2) is 0 Å². The van der Waals surface area contributed by atoms with Gasteiger partial charge >= 0.3 is 0 Å². The van der Waals surface area contributed by atoms with Crippen LogP contribution in [-0.2, 0) is 0 Å². The van der Waals surface area contributed by atoms with Crippen LogP contribution >= 0.6 is 0 Å². The van der Waals surface area contributed by atoms with Crippen molar-refractivity contribution in [1.29, 1.82) is 0 Å². The van der Waals surface area contributed by atoms with E-state index in [-0.39, 0.29) is 11.4 Å². The third kappa shape index (κ3) is 1.64. The molecule has 0 saturated heterocycles. The molecule has 1 N–H and O–H groups in total. The predicted molar refractivity (Wildman–Crippen MR) is 37.8 cm³/mol. The topological polar surface area (TPSA) is 55.2 Å². The molecule has 0 amide bonds. The molecule has 0 radical (unpaired) electrons. The van der Waals surface area contributed by atoms with E-state index in [9.17, 15) is 14.6 Å². The minimum absolute atomic E-state index is 0.0519. The van der Waals surface area contributed by atoms with E-state index in [0.717, 1.165) is 0 Å². The minimum atomic E-state index is -0.540. The Hall–Kier alpha value is -1.65. The highest BCUT2D eigenvalue weighted by Crippen LogP contribution is 2.14. The van der Waals surface area contributed by atoms with E-state index >= 15 is 0 Å². The Morgan fingerprint density at radius 2 is 1.91 bits per heavy atom. The summed E-state index contributed by atoms with van der Waals surface area (Å²) in [6.07, 6.45) is 0. The van der Waals surface area contributed by atoms with Crippen LogP contribution in [0.15, 0.2) is 24.3 Å². The second-order valence-corrected chi connectivity index (χ2v) is 1.90. The lowest BCUT2D eigenvalue weighted by Gasteiger charge is -1.93. The number of non-ortho nitro benzene ring substituents is 1. The maximum Gasteiger partial charge on any atom is 0.269 e. The number of anilines is 1. The van der Waals surface area contributed by atoms with E-state index in [2.05, 4.69) is 0 Å². The first-order valence-electron chi connectivity index (χ1n) is 2.85. The molecule has 0 spiro atoms. The van der Waals surface area contributed by atoms with Gasteiger partial charge in [-0.25, -0.2) is 5.54 Å². The summed E-state index contributed by atoms with van der Waals surface area (Å²) in [4.78, 5) is 9.55. The molecule has 11 heavy (non-hydrogen) atoms. The van der Waals surface area contributed by atoms with Crippen LogP contribution in [0.2, 0.25) is 0 Å². The van der Waals surface area contributed by atoms with E-state index in [0.29, 0.717) is 0 Å². The fourth-order valence-corrected chi connectivity index (χ4v) is 0.646. The van der Waals surface area contributed by atoms with Gasteiger partial charge in [-0.05, 0) is 12.1 Å². The number of halogens is 1. The highest BCUT2D eigenvalue weighted by Gasteiger charge is 2.02. The summed E-state index contributed by atoms with van der Waals surface area (Å²) in [5.41, 5.74) is 1.52. The molecule has 0 aliphatic rings. The summed E-state index contributed by atoms with van der Waals surface area (Å²) in [7, 11) is 0. The fraction of sp³-hybridized carbons (Fsp3) is 0. The molecule has 1 aromatic rings. The molecule has 0 aromatic heterocycles. The first-order chi connectivity index (χ1) is 5.24. The number of benzene rings is 1. The van der Waals surface area contributed by atoms with Crippen LogP contribution < -0.4 is 5.54 Å². The summed E-state index contributed by atoms with van der Waals surface area (Å²) in [6, 6.07) is 5.03. The normalized spacial score (nSPS) is 9.18. The van der Waals surface area contributed by atoms with E-state index in [1.165, 1.54) is 29.8 Å². The minimum Gasteiger partial charge on any atom is -0.258 e. The molecule has 0 aliphatic carbocycles. The summed E-state index contributed by atoms with van der Waals surface area (Å²) in [5, 5.41) is 10.1. The largest absolute Gasteiger partial charge is 0.269 e. The molecule has 0 unspecified atom stereocenters. The second kappa shape index (κ2) is 2.96. The SMILES string of the molecule is O=[N+]([O-])c1ccc(NF)cc1. The van der Waals surface area contributed by atoms with Gasteiger partial charge in [-0.3, -0.25) is 10.1 Å². The van der Waals surface area contributed by atoms with Crippen LogP contribution in [0, 0.1) is 10.1 Å². The first-order valence-corrected chi connectivity index (χ1v) is 2.85. The third-order valence-electron chi connectivity index (χ3n) is 1.19. The molecule has 0 bridgehead atoms. The van der Waals surface area contributed by atoms with Gasteiger partial charge in [0.25, 0.3) is 5.69 Å². The Morgan fingerprint density at radius 1 is 1.36 bits per heavy atom. The lowest BCUT2D eigenvalue weighted by molar-refractivity contribution is -0.384. The van der Waals surface area contributed by atoms with Crippen LogP contribution in [0.4, 0.5) is 15.9 Å². The van der Waals surface area contributed by atoms with Crippen LogP contribution in [0.5, 0.6) is 0 Å². The van der Waals surface area contributed by atoms with E-state index < -0.39 is 4.92 Å². The molecule has 0 fully saturated rings. The van der Waals surface area contributed by atoms with Gasteiger partial charge in [-0.15, -0.1) is 4.48 Å².